The Bertz CT molecular complexity index is 1290. The molecule has 0 aromatic heterocycles. The first-order valence-corrected chi connectivity index (χ1v) is 18.5. The molecule has 1 rings (SSSR count). The second-order valence-electron chi connectivity index (χ2n) is 11.3. The van der Waals surface area contributed by atoms with Gasteiger partial charge in [0.25, 0.3) is 11.0 Å². The van der Waals surface area contributed by atoms with Gasteiger partial charge in [-0.2, -0.15) is 0 Å². The number of anilines is 1. The van der Waals surface area contributed by atoms with Crippen LogP contribution in [0.15, 0.2) is 24.3 Å². The number of alkyl halides is 2. The molecular formula is C26H43Cl2N5O12P2. The molecule has 47 heavy (non-hydrogen) atoms. The van der Waals surface area contributed by atoms with Gasteiger partial charge in [-0.05, 0) is 51.3 Å². The Morgan fingerprint density at radius 1 is 0.957 bits per heavy atom. The maximum absolute atomic E-state index is 12.9. The van der Waals surface area contributed by atoms with Gasteiger partial charge in [0.05, 0.1) is 12.6 Å². The number of carbonyl (C=O) groups excluding carboxylic acids is 4. The highest BCUT2D eigenvalue weighted by molar-refractivity contribution is 7.72. The molecule has 0 bridgehead atoms. The van der Waals surface area contributed by atoms with Crippen molar-refractivity contribution in [2.75, 3.05) is 49.4 Å². The predicted octanol–water partition coefficient (Wildman–Crippen LogP) is 0.618. The number of aliphatic hydroxyl groups is 1. The molecular weight excluding hydrogens is 707 g/mol. The molecule has 0 aliphatic carbocycles. The van der Waals surface area contributed by atoms with E-state index in [0.717, 1.165) is 11.3 Å². The van der Waals surface area contributed by atoms with Crippen LogP contribution in [-0.2, 0) is 34.7 Å². The summed E-state index contributed by atoms with van der Waals surface area (Å²) in [7, 11) is -11.4. The van der Waals surface area contributed by atoms with E-state index in [4.69, 9.17) is 33.7 Å². The van der Waals surface area contributed by atoms with Gasteiger partial charge in [0.1, 0.15) is 12.1 Å². The number of halogens is 2. The normalized spacial score (nSPS) is 13.0. The van der Waals surface area contributed by atoms with E-state index in [1.807, 2.05) is 17.0 Å². The van der Waals surface area contributed by atoms with Crippen molar-refractivity contribution in [1.29, 1.82) is 0 Å². The van der Waals surface area contributed by atoms with Gasteiger partial charge in [0.15, 0.2) is 0 Å². The Hall–Kier alpha value is -2.30. The van der Waals surface area contributed by atoms with E-state index in [2.05, 4.69) is 10.6 Å². The first kappa shape index (κ1) is 42.7. The van der Waals surface area contributed by atoms with Crippen LogP contribution in [-0.4, -0.2) is 115 Å². The largest absolute Gasteiger partial charge is 0.443 e. The number of carbonyl (C=O) groups is 4. The number of imide groups is 1. The lowest BCUT2D eigenvalue weighted by Crippen LogP contribution is -2.51. The number of hydrogen-bond acceptors (Lipinski definition) is 10. The summed E-state index contributed by atoms with van der Waals surface area (Å²) in [6.45, 7) is 3.62. The van der Waals surface area contributed by atoms with E-state index in [-0.39, 0.29) is 6.42 Å². The predicted molar refractivity (Wildman–Crippen MR) is 174 cm³/mol. The van der Waals surface area contributed by atoms with Crippen molar-refractivity contribution in [3.8, 4) is 0 Å². The third kappa shape index (κ3) is 14.0. The fourth-order valence-electron chi connectivity index (χ4n) is 3.94. The molecule has 0 aliphatic rings. The molecule has 0 heterocycles. The highest BCUT2D eigenvalue weighted by Crippen LogP contribution is 2.69. The fourth-order valence-corrected chi connectivity index (χ4v) is 6.60. The Morgan fingerprint density at radius 2 is 1.49 bits per heavy atom. The number of amides is 4. The zero-order valence-corrected chi connectivity index (χ0v) is 29.5. The summed E-state index contributed by atoms with van der Waals surface area (Å²) in [6, 6.07) is 6.16. The van der Waals surface area contributed by atoms with Crippen molar-refractivity contribution in [1.82, 2.24) is 15.5 Å². The minimum atomic E-state index is -5.68. The maximum atomic E-state index is 12.9. The lowest BCUT2D eigenvalue weighted by Gasteiger charge is -2.29. The van der Waals surface area contributed by atoms with Crippen molar-refractivity contribution < 1.29 is 57.7 Å². The quantitative estimate of drug-likeness (QED) is 0.0581. The minimum Gasteiger partial charge on any atom is -0.443 e. The molecule has 268 valence electrons. The molecule has 0 saturated heterocycles. The summed E-state index contributed by atoms with van der Waals surface area (Å²) >= 11 is 11.7. The summed E-state index contributed by atoms with van der Waals surface area (Å²) in [5, 5.41) is 10.8. The molecule has 21 heteroatoms. The SMILES string of the molecule is CC(C)(C)OC(=O)N(CC(=O)NCCCC(O)(P(=O)(O)O)P(=O)(O)O)C(=O)CNC(=O)[C@@H](N)Cc1ccc(N(CCCl)CCCl)cc1. The Balaban J connectivity index is 2.84. The van der Waals surface area contributed by atoms with Gasteiger partial charge in [-0.3, -0.25) is 23.5 Å². The zero-order valence-electron chi connectivity index (χ0n) is 26.2. The number of nitrogens with one attached hydrogen (secondary N) is 2. The molecule has 4 amide bonds. The van der Waals surface area contributed by atoms with Gasteiger partial charge >= 0.3 is 21.3 Å². The number of benzene rings is 1. The molecule has 17 nitrogen and oxygen atoms in total. The average Bonchev–Trinajstić information content (AvgIpc) is 2.94. The molecule has 9 N–H and O–H groups in total. The number of ether oxygens (including phenoxy) is 1. The molecule has 1 aromatic carbocycles. The van der Waals surface area contributed by atoms with Crippen LogP contribution in [0.5, 0.6) is 0 Å². The summed E-state index contributed by atoms with van der Waals surface area (Å²) in [6.07, 6.45) is -2.70. The fraction of sp³-hybridized carbons (Fsp3) is 0.615. The van der Waals surface area contributed by atoms with Crippen molar-refractivity contribution in [2.45, 2.75) is 56.8 Å². The Morgan fingerprint density at radius 3 is 1.96 bits per heavy atom. The molecule has 0 spiro atoms. The van der Waals surface area contributed by atoms with E-state index in [0.29, 0.717) is 29.7 Å². The van der Waals surface area contributed by atoms with E-state index < -0.39 is 88.2 Å². The number of nitrogens with zero attached hydrogens (tertiary/aromatic N) is 2. The molecule has 0 aliphatic heterocycles. The summed E-state index contributed by atoms with van der Waals surface area (Å²) < 4.78 is 28.1. The van der Waals surface area contributed by atoms with E-state index in [1.54, 1.807) is 12.1 Å². The van der Waals surface area contributed by atoms with Gasteiger partial charge in [0, 0.05) is 43.5 Å². The molecule has 1 atom stereocenters. The van der Waals surface area contributed by atoms with Gasteiger partial charge < -0.3 is 50.7 Å². The summed E-state index contributed by atoms with van der Waals surface area (Å²) in [5.41, 5.74) is 6.56. The minimum absolute atomic E-state index is 0.114. The number of nitrogens with two attached hydrogens (primary N) is 1. The second kappa shape index (κ2) is 18.5. The Kier molecular flexibility index (Phi) is 16.8. The van der Waals surface area contributed by atoms with Gasteiger partial charge in [0.2, 0.25) is 11.8 Å². The number of rotatable bonds is 18. The summed E-state index contributed by atoms with van der Waals surface area (Å²) in [5.74, 6) is -1.90. The standard InChI is InChI=1S/C26H43Cl2N5O12P2/c1-25(2,3)45-24(37)33(17-21(34)30-12-4-9-26(38,46(39,40)41)47(42,43)44)22(35)16-31-23(36)20(29)15-18-5-7-19(8-6-18)32(13-10-27)14-11-28/h5-8,20,38H,4,9-17,29H2,1-3H3,(H,30,34)(H,31,36)(H2,39,40,41)(H2,42,43,44)/t20-/m0/s1. The van der Waals surface area contributed by atoms with E-state index in [1.165, 1.54) is 20.8 Å². The first-order chi connectivity index (χ1) is 21.6. The van der Waals surface area contributed by atoms with Crippen molar-refractivity contribution in [3.05, 3.63) is 29.8 Å². The van der Waals surface area contributed by atoms with Crippen LogP contribution < -0.4 is 21.3 Å². The third-order valence-electron chi connectivity index (χ3n) is 6.38. The summed E-state index contributed by atoms with van der Waals surface area (Å²) in [4.78, 5) is 90.1. The third-order valence-corrected chi connectivity index (χ3v) is 10.6. The average molecular weight is 751 g/mol. The van der Waals surface area contributed by atoms with Crippen molar-refractivity contribution in [2.24, 2.45) is 5.73 Å². The van der Waals surface area contributed by atoms with Crippen molar-refractivity contribution in [3.63, 3.8) is 0 Å². The highest BCUT2D eigenvalue weighted by Gasteiger charge is 2.58. The zero-order chi connectivity index (χ0) is 36.2. The van der Waals surface area contributed by atoms with Crippen LogP contribution in [0.1, 0.15) is 39.2 Å². The van der Waals surface area contributed by atoms with Crippen LogP contribution in [0.4, 0.5) is 10.5 Å². The van der Waals surface area contributed by atoms with E-state index >= 15 is 0 Å². The molecule has 0 fully saturated rings. The molecule has 0 unspecified atom stereocenters. The van der Waals surface area contributed by atoms with Crippen LogP contribution >= 0.6 is 38.4 Å². The van der Waals surface area contributed by atoms with Crippen molar-refractivity contribution >= 4 is 67.9 Å². The van der Waals surface area contributed by atoms with Gasteiger partial charge in [-0.1, -0.05) is 12.1 Å². The lowest BCUT2D eigenvalue weighted by atomic mass is 10.1. The topological polar surface area (TPSA) is 269 Å². The molecule has 1 aromatic rings. The van der Waals surface area contributed by atoms with Crippen LogP contribution in [0, 0.1) is 0 Å². The van der Waals surface area contributed by atoms with Crippen LogP contribution in [0.2, 0.25) is 0 Å². The van der Waals surface area contributed by atoms with Crippen LogP contribution in [0.3, 0.4) is 0 Å². The lowest BCUT2D eigenvalue weighted by molar-refractivity contribution is -0.136. The second-order valence-corrected chi connectivity index (χ2v) is 16.1. The maximum Gasteiger partial charge on any atom is 0.417 e. The van der Waals surface area contributed by atoms with Gasteiger partial charge in [-0.25, -0.2) is 9.69 Å². The smallest absolute Gasteiger partial charge is 0.417 e. The van der Waals surface area contributed by atoms with Crippen LogP contribution in [0.25, 0.3) is 0 Å². The highest BCUT2D eigenvalue weighted by atomic mass is 35.5. The molecule has 0 radical (unpaired) electrons. The molecule has 0 saturated carbocycles. The monoisotopic (exact) mass is 749 g/mol. The first-order valence-electron chi connectivity index (χ1n) is 14.2. The Labute approximate surface area is 282 Å². The number of hydrogen-bond donors (Lipinski definition) is 8. The van der Waals surface area contributed by atoms with Gasteiger partial charge in [-0.15, -0.1) is 23.2 Å². The van der Waals surface area contributed by atoms with E-state index in [9.17, 15) is 53.0 Å².